The summed E-state index contributed by atoms with van der Waals surface area (Å²) >= 11 is 0. The Hall–Kier alpha value is -1.12. The molecule has 0 amide bonds. The molecule has 2 nitrogen and oxygen atoms in total. The highest BCUT2D eigenvalue weighted by molar-refractivity contribution is 5.48. The summed E-state index contributed by atoms with van der Waals surface area (Å²) in [5.74, 6) is 0. The van der Waals surface area contributed by atoms with E-state index in [1.807, 2.05) is 6.07 Å². The summed E-state index contributed by atoms with van der Waals surface area (Å²) < 4.78 is 0. The Labute approximate surface area is 98.8 Å². The third-order valence-electron chi connectivity index (χ3n) is 2.33. The van der Waals surface area contributed by atoms with Crippen molar-refractivity contribution in [1.29, 1.82) is 0 Å². The molecule has 0 saturated carbocycles. The van der Waals surface area contributed by atoms with E-state index in [9.17, 15) is 0 Å². The summed E-state index contributed by atoms with van der Waals surface area (Å²) in [4.78, 5) is 0. The van der Waals surface area contributed by atoms with Crippen LogP contribution in [0.1, 0.15) is 18.9 Å². The molecule has 0 spiro atoms. The van der Waals surface area contributed by atoms with E-state index in [0.717, 1.165) is 26.2 Å². The lowest BCUT2D eigenvalue weighted by molar-refractivity contribution is 0.629. The second-order valence-corrected chi connectivity index (χ2v) is 3.72. The van der Waals surface area contributed by atoms with Gasteiger partial charge in [0.05, 0.1) is 0 Å². The minimum Gasteiger partial charge on any atom is -0.317 e. The minimum absolute atomic E-state index is 0.945. The van der Waals surface area contributed by atoms with Crippen molar-refractivity contribution < 1.29 is 0 Å². The van der Waals surface area contributed by atoms with Gasteiger partial charge in [0, 0.05) is 6.54 Å². The molecule has 0 bridgehead atoms. The molecule has 0 aromatic heterocycles. The van der Waals surface area contributed by atoms with Crippen LogP contribution in [0.4, 0.5) is 0 Å². The number of hydrogen-bond donors (Lipinski definition) is 2. The molecule has 0 atom stereocenters. The van der Waals surface area contributed by atoms with Crippen LogP contribution in [0.25, 0.3) is 6.08 Å². The zero-order valence-corrected chi connectivity index (χ0v) is 10.1. The first kappa shape index (κ1) is 12.9. The number of rotatable bonds is 8. The Balaban J connectivity index is 2.01. The average Bonchev–Trinajstić information content (AvgIpc) is 2.34. The summed E-state index contributed by atoms with van der Waals surface area (Å²) in [6.07, 6.45) is 5.51. The Morgan fingerprint density at radius 1 is 1.06 bits per heavy atom. The van der Waals surface area contributed by atoms with Crippen molar-refractivity contribution in [2.75, 3.05) is 26.2 Å². The maximum Gasteiger partial charge on any atom is 0.0138 e. The van der Waals surface area contributed by atoms with Crippen molar-refractivity contribution in [3.05, 3.63) is 42.0 Å². The van der Waals surface area contributed by atoms with Crippen LogP contribution in [-0.2, 0) is 0 Å². The van der Waals surface area contributed by atoms with Gasteiger partial charge in [0.2, 0.25) is 0 Å². The first-order valence-electron chi connectivity index (χ1n) is 6.06. The van der Waals surface area contributed by atoms with E-state index >= 15 is 0 Å². The summed E-state index contributed by atoms with van der Waals surface area (Å²) in [5, 5.41) is 6.69. The molecule has 0 aliphatic rings. The molecular weight excluding hydrogens is 196 g/mol. The van der Waals surface area contributed by atoms with Crippen LogP contribution in [0.3, 0.4) is 0 Å². The van der Waals surface area contributed by atoms with Crippen LogP contribution in [-0.4, -0.2) is 26.2 Å². The molecule has 1 rings (SSSR count). The van der Waals surface area contributed by atoms with Crippen LogP contribution in [0.5, 0.6) is 0 Å². The second-order valence-electron chi connectivity index (χ2n) is 3.72. The SMILES string of the molecule is CCNCCCNC/C=C/c1ccccc1. The molecule has 1 aromatic rings. The summed E-state index contributed by atoms with van der Waals surface area (Å²) in [6, 6.07) is 10.4. The lowest BCUT2D eigenvalue weighted by Gasteiger charge is -2.02. The molecule has 0 aliphatic carbocycles. The highest BCUT2D eigenvalue weighted by Gasteiger charge is 1.85. The van der Waals surface area contributed by atoms with E-state index in [-0.39, 0.29) is 0 Å². The van der Waals surface area contributed by atoms with Gasteiger partial charge < -0.3 is 10.6 Å². The van der Waals surface area contributed by atoms with Crippen molar-refractivity contribution in [1.82, 2.24) is 10.6 Å². The molecule has 0 aliphatic heterocycles. The van der Waals surface area contributed by atoms with Crippen LogP contribution >= 0.6 is 0 Å². The quantitative estimate of drug-likeness (QED) is 0.654. The molecule has 1 aromatic carbocycles. The van der Waals surface area contributed by atoms with E-state index < -0.39 is 0 Å². The maximum absolute atomic E-state index is 3.39. The minimum atomic E-state index is 0.945. The molecule has 0 fully saturated rings. The van der Waals surface area contributed by atoms with Gasteiger partial charge in [-0.2, -0.15) is 0 Å². The maximum atomic E-state index is 3.39. The first-order chi connectivity index (χ1) is 7.93. The molecule has 2 N–H and O–H groups in total. The molecule has 0 radical (unpaired) electrons. The predicted molar refractivity (Wildman–Crippen MR) is 71.5 cm³/mol. The van der Waals surface area contributed by atoms with Gasteiger partial charge in [0.25, 0.3) is 0 Å². The lowest BCUT2D eigenvalue weighted by Crippen LogP contribution is -2.21. The second kappa shape index (κ2) is 9.13. The number of hydrogen-bond acceptors (Lipinski definition) is 2. The van der Waals surface area contributed by atoms with Crippen LogP contribution in [0.2, 0.25) is 0 Å². The van der Waals surface area contributed by atoms with Gasteiger partial charge in [-0.15, -0.1) is 0 Å². The highest BCUT2D eigenvalue weighted by Crippen LogP contribution is 1.99. The summed E-state index contributed by atoms with van der Waals surface area (Å²) in [7, 11) is 0. The summed E-state index contributed by atoms with van der Waals surface area (Å²) in [5.41, 5.74) is 1.26. The topological polar surface area (TPSA) is 24.1 Å². The molecule has 0 heterocycles. The molecular formula is C14H22N2. The van der Waals surface area contributed by atoms with Crippen molar-refractivity contribution in [2.24, 2.45) is 0 Å². The monoisotopic (exact) mass is 218 g/mol. The van der Waals surface area contributed by atoms with E-state index in [4.69, 9.17) is 0 Å². The van der Waals surface area contributed by atoms with Gasteiger partial charge in [-0.1, -0.05) is 49.4 Å². The molecule has 0 saturated heterocycles. The third kappa shape index (κ3) is 6.38. The number of benzene rings is 1. The lowest BCUT2D eigenvalue weighted by atomic mass is 10.2. The Morgan fingerprint density at radius 3 is 2.56 bits per heavy atom. The van der Waals surface area contributed by atoms with Crippen LogP contribution in [0, 0.1) is 0 Å². The zero-order valence-electron chi connectivity index (χ0n) is 10.1. The van der Waals surface area contributed by atoms with Crippen LogP contribution < -0.4 is 10.6 Å². The normalized spacial score (nSPS) is 11.1. The predicted octanol–water partition coefficient (Wildman–Crippen LogP) is 2.29. The smallest absolute Gasteiger partial charge is 0.0138 e. The first-order valence-corrected chi connectivity index (χ1v) is 6.06. The standard InChI is InChI=1S/C14H22N2/c1-2-15-12-7-13-16-11-6-10-14-8-4-3-5-9-14/h3-6,8-10,15-16H,2,7,11-13H2,1H3/b10-6+. The fourth-order valence-corrected chi connectivity index (χ4v) is 1.46. The van der Waals surface area contributed by atoms with Gasteiger partial charge in [0.1, 0.15) is 0 Å². The van der Waals surface area contributed by atoms with Crippen molar-refractivity contribution in [2.45, 2.75) is 13.3 Å². The molecule has 0 unspecified atom stereocenters. The Bertz CT molecular complexity index is 280. The van der Waals surface area contributed by atoms with E-state index in [1.165, 1.54) is 12.0 Å². The Kier molecular flexibility index (Phi) is 7.39. The largest absolute Gasteiger partial charge is 0.317 e. The third-order valence-corrected chi connectivity index (χ3v) is 2.33. The van der Waals surface area contributed by atoms with Gasteiger partial charge in [-0.25, -0.2) is 0 Å². The van der Waals surface area contributed by atoms with E-state index in [0.29, 0.717) is 0 Å². The fraction of sp³-hybridized carbons (Fsp3) is 0.429. The van der Waals surface area contributed by atoms with Gasteiger partial charge in [-0.3, -0.25) is 0 Å². The van der Waals surface area contributed by atoms with Gasteiger partial charge in [0.15, 0.2) is 0 Å². The van der Waals surface area contributed by atoms with Crippen molar-refractivity contribution in [3.63, 3.8) is 0 Å². The van der Waals surface area contributed by atoms with E-state index in [2.05, 4.69) is 54.0 Å². The van der Waals surface area contributed by atoms with Gasteiger partial charge >= 0.3 is 0 Å². The van der Waals surface area contributed by atoms with Crippen molar-refractivity contribution >= 4 is 6.08 Å². The average molecular weight is 218 g/mol. The summed E-state index contributed by atoms with van der Waals surface area (Å²) in [6.45, 7) is 6.32. The van der Waals surface area contributed by atoms with E-state index in [1.54, 1.807) is 0 Å². The fourth-order valence-electron chi connectivity index (χ4n) is 1.46. The van der Waals surface area contributed by atoms with Gasteiger partial charge in [-0.05, 0) is 31.6 Å². The molecule has 16 heavy (non-hydrogen) atoms. The molecule has 2 heteroatoms. The zero-order chi connectivity index (χ0) is 11.5. The van der Waals surface area contributed by atoms with Crippen molar-refractivity contribution in [3.8, 4) is 0 Å². The molecule has 88 valence electrons. The Morgan fingerprint density at radius 2 is 1.81 bits per heavy atom. The van der Waals surface area contributed by atoms with Crippen LogP contribution in [0.15, 0.2) is 36.4 Å². The number of nitrogens with one attached hydrogen (secondary N) is 2. The highest BCUT2D eigenvalue weighted by atomic mass is 14.9.